The molecule has 0 aliphatic carbocycles. The molecular formula is C13H15ClN2S. The van der Waals surface area contributed by atoms with Crippen LogP contribution in [0.2, 0.25) is 5.02 Å². The maximum absolute atomic E-state index is 6.12. The highest BCUT2D eigenvalue weighted by Crippen LogP contribution is 2.21. The summed E-state index contributed by atoms with van der Waals surface area (Å²) >= 11 is 7.82. The van der Waals surface area contributed by atoms with Crippen LogP contribution in [0.25, 0.3) is 0 Å². The van der Waals surface area contributed by atoms with E-state index in [4.69, 9.17) is 17.3 Å². The van der Waals surface area contributed by atoms with Crippen molar-refractivity contribution in [3.8, 4) is 0 Å². The van der Waals surface area contributed by atoms with Gasteiger partial charge in [0.1, 0.15) is 0 Å². The van der Waals surface area contributed by atoms with Crippen LogP contribution in [0.1, 0.15) is 21.1 Å². The zero-order chi connectivity index (χ0) is 12.3. The molecule has 4 heteroatoms. The number of rotatable bonds is 4. The molecule has 0 amide bonds. The molecule has 2 rings (SSSR count). The van der Waals surface area contributed by atoms with E-state index >= 15 is 0 Å². The van der Waals surface area contributed by atoms with Gasteiger partial charge in [-0.15, -0.1) is 11.3 Å². The Balaban J connectivity index is 2.05. The van der Waals surface area contributed by atoms with Crippen molar-refractivity contribution in [3.63, 3.8) is 0 Å². The van der Waals surface area contributed by atoms with E-state index in [1.807, 2.05) is 25.1 Å². The molecule has 1 aromatic heterocycles. The fourth-order valence-electron chi connectivity index (χ4n) is 1.73. The lowest BCUT2D eigenvalue weighted by Crippen LogP contribution is -1.94. The summed E-state index contributed by atoms with van der Waals surface area (Å²) in [7, 11) is 0. The lowest BCUT2D eigenvalue weighted by Gasteiger charge is -2.01. The number of thiazole rings is 1. The minimum atomic E-state index is 0.579. The van der Waals surface area contributed by atoms with Crippen molar-refractivity contribution in [1.29, 1.82) is 0 Å². The van der Waals surface area contributed by atoms with Gasteiger partial charge >= 0.3 is 0 Å². The molecule has 2 N–H and O–H groups in total. The summed E-state index contributed by atoms with van der Waals surface area (Å²) in [4.78, 5) is 5.70. The van der Waals surface area contributed by atoms with Gasteiger partial charge in [0.2, 0.25) is 0 Å². The van der Waals surface area contributed by atoms with Crippen LogP contribution in [-0.4, -0.2) is 4.98 Å². The summed E-state index contributed by atoms with van der Waals surface area (Å²) in [6, 6.07) is 7.95. The second kappa shape index (κ2) is 5.63. The normalized spacial score (nSPS) is 10.8. The molecule has 0 radical (unpaired) electrons. The van der Waals surface area contributed by atoms with Crippen LogP contribution in [0.5, 0.6) is 0 Å². The lowest BCUT2D eigenvalue weighted by atomic mass is 10.1. The van der Waals surface area contributed by atoms with Crippen LogP contribution >= 0.6 is 22.9 Å². The maximum atomic E-state index is 6.12. The van der Waals surface area contributed by atoms with Crippen molar-refractivity contribution >= 4 is 22.9 Å². The summed E-state index contributed by atoms with van der Waals surface area (Å²) < 4.78 is 0. The van der Waals surface area contributed by atoms with Gasteiger partial charge in [-0.2, -0.15) is 0 Å². The van der Waals surface area contributed by atoms with Crippen LogP contribution in [-0.2, 0) is 19.4 Å². The predicted molar refractivity (Wildman–Crippen MR) is 73.6 cm³/mol. The van der Waals surface area contributed by atoms with E-state index in [0.717, 1.165) is 28.6 Å². The summed E-state index contributed by atoms with van der Waals surface area (Å²) in [5.74, 6) is 0. The van der Waals surface area contributed by atoms with Gasteiger partial charge in [0, 0.05) is 22.9 Å². The number of halogens is 1. The number of aryl methyl sites for hydroxylation is 3. The van der Waals surface area contributed by atoms with E-state index in [0.29, 0.717) is 6.54 Å². The average molecular weight is 267 g/mol. The molecule has 0 aliphatic heterocycles. The van der Waals surface area contributed by atoms with E-state index in [2.05, 4.69) is 11.1 Å². The molecule has 0 spiro atoms. The quantitative estimate of drug-likeness (QED) is 0.922. The van der Waals surface area contributed by atoms with Gasteiger partial charge in [0.05, 0.1) is 10.7 Å². The van der Waals surface area contributed by atoms with Crippen molar-refractivity contribution in [2.45, 2.75) is 26.3 Å². The number of nitrogens with zero attached hydrogens (tertiary/aromatic N) is 1. The first-order valence-electron chi connectivity index (χ1n) is 5.59. The summed E-state index contributed by atoms with van der Waals surface area (Å²) in [5, 5.41) is 1.97. The predicted octanol–water partition coefficient (Wildman–Crippen LogP) is 3.35. The Kier molecular flexibility index (Phi) is 4.15. The molecule has 2 nitrogen and oxygen atoms in total. The third kappa shape index (κ3) is 3.06. The van der Waals surface area contributed by atoms with Gasteiger partial charge < -0.3 is 5.73 Å². The SMILES string of the molecule is Cc1nc(CCc2ccccc2Cl)sc1CN. The second-order valence-corrected chi connectivity index (χ2v) is 5.49. The zero-order valence-electron chi connectivity index (χ0n) is 9.74. The first kappa shape index (κ1) is 12.6. The van der Waals surface area contributed by atoms with E-state index in [1.54, 1.807) is 11.3 Å². The minimum absolute atomic E-state index is 0.579. The van der Waals surface area contributed by atoms with Gasteiger partial charge in [-0.25, -0.2) is 4.98 Å². The van der Waals surface area contributed by atoms with Crippen molar-refractivity contribution in [2.75, 3.05) is 0 Å². The van der Waals surface area contributed by atoms with Crippen LogP contribution < -0.4 is 5.73 Å². The monoisotopic (exact) mass is 266 g/mol. The van der Waals surface area contributed by atoms with E-state index < -0.39 is 0 Å². The number of nitrogens with two attached hydrogens (primary N) is 1. The van der Waals surface area contributed by atoms with Crippen LogP contribution in [0.3, 0.4) is 0 Å². The molecule has 90 valence electrons. The van der Waals surface area contributed by atoms with Gasteiger partial charge in [-0.1, -0.05) is 29.8 Å². The van der Waals surface area contributed by atoms with E-state index in [-0.39, 0.29) is 0 Å². The van der Waals surface area contributed by atoms with Crippen LogP contribution in [0, 0.1) is 6.92 Å². The summed E-state index contributed by atoms with van der Waals surface area (Å²) in [6.07, 6.45) is 1.85. The molecule has 0 saturated heterocycles. The molecule has 0 bridgehead atoms. The molecule has 17 heavy (non-hydrogen) atoms. The zero-order valence-corrected chi connectivity index (χ0v) is 11.3. The highest BCUT2D eigenvalue weighted by atomic mass is 35.5. The van der Waals surface area contributed by atoms with Crippen molar-refractivity contribution in [1.82, 2.24) is 4.98 Å². The van der Waals surface area contributed by atoms with Crippen LogP contribution in [0.15, 0.2) is 24.3 Å². The summed E-state index contributed by atoms with van der Waals surface area (Å²) in [5.41, 5.74) is 7.88. The molecule has 0 fully saturated rings. The molecule has 1 aromatic carbocycles. The third-order valence-electron chi connectivity index (χ3n) is 2.69. The van der Waals surface area contributed by atoms with E-state index in [9.17, 15) is 0 Å². The van der Waals surface area contributed by atoms with Crippen LogP contribution in [0.4, 0.5) is 0 Å². The smallest absolute Gasteiger partial charge is 0.0934 e. The van der Waals surface area contributed by atoms with Crippen molar-refractivity contribution in [3.05, 3.63) is 50.4 Å². The highest BCUT2D eigenvalue weighted by Gasteiger charge is 2.07. The molecule has 2 aromatic rings. The maximum Gasteiger partial charge on any atom is 0.0934 e. The molecule has 0 atom stereocenters. The Labute approximate surface area is 110 Å². The van der Waals surface area contributed by atoms with Gasteiger partial charge in [0.25, 0.3) is 0 Å². The van der Waals surface area contributed by atoms with Gasteiger partial charge in [-0.05, 0) is 25.0 Å². The van der Waals surface area contributed by atoms with Crippen molar-refractivity contribution < 1.29 is 0 Å². The second-order valence-electron chi connectivity index (χ2n) is 3.91. The Hall–Kier alpha value is -0.900. The Morgan fingerprint density at radius 3 is 2.71 bits per heavy atom. The third-order valence-corrected chi connectivity index (χ3v) is 4.30. The first-order valence-corrected chi connectivity index (χ1v) is 6.79. The molecule has 1 heterocycles. The standard InChI is InChI=1S/C13H15ClN2S/c1-9-12(8-15)17-13(16-9)7-6-10-4-2-3-5-11(10)14/h2-5H,6-8,15H2,1H3. The molecule has 0 unspecified atom stereocenters. The van der Waals surface area contributed by atoms with Gasteiger partial charge in [-0.3, -0.25) is 0 Å². The van der Waals surface area contributed by atoms with Crippen molar-refractivity contribution in [2.24, 2.45) is 5.73 Å². The Morgan fingerprint density at radius 2 is 2.06 bits per heavy atom. The average Bonchev–Trinajstić information content (AvgIpc) is 2.69. The van der Waals surface area contributed by atoms with E-state index in [1.165, 1.54) is 10.4 Å². The molecule has 0 aliphatic rings. The molecular weight excluding hydrogens is 252 g/mol. The molecule has 0 saturated carbocycles. The highest BCUT2D eigenvalue weighted by molar-refractivity contribution is 7.11. The largest absolute Gasteiger partial charge is 0.326 e. The Bertz CT molecular complexity index is 508. The number of hydrogen-bond donors (Lipinski definition) is 1. The number of benzene rings is 1. The number of hydrogen-bond acceptors (Lipinski definition) is 3. The lowest BCUT2D eigenvalue weighted by molar-refractivity contribution is 0.933. The minimum Gasteiger partial charge on any atom is -0.326 e. The number of aromatic nitrogens is 1. The fraction of sp³-hybridized carbons (Fsp3) is 0.308. The fourth-order valence-corrected chi connectivity index (χ4v) is 2.91. The van der Waals surface area contributed by atoms with Gasteiger partial charge in [0.15, 0.2) is 0 Å². The first-order chi connectivity index (χ1) is 8.20. The summed E-state index contributed by atoms with van der Waals surface area (Å²) in [6.45, 7) is 2.59. The topological polar surface area (TPSA) is 38.9 Å². The Morgan fingerprint density at radius 1 is 1.29 bits per heavy atom.